The molecular formula is C22H50O6SSi2. The fourth-order valence-corrected chi connectivity index (χ4v) is 9.94. The Morgan fingerprint density at radius 3 is 0.968 bits per heavy atom. The molecule has 0 amide bonds. The molecule has 0 aliphatic carbocycles. The zero-order chi connectivity index (χ0) is 23.3. The number of hydrogen-bond acceptors (Lipinski definition) is 7. The molecule has 9 heteroatoms. The summed E-state index contributed by atoms with van der Waals surface area (Å²) < 4.78 is 35.6. The summed E-state index contributed by atoms with van der Waals surface area (Å²) in [5, 5.41) is 0. The fraction of sp³-hybridized carbons (Fsp3) is 1.00. The Morgan fingerprint density at radius 1 is 0.419 bits per heavy atom. The van der Waals surface area contributed by atoms with Crippen molar-refractivity contribution >= 4 is 29.4 Å². The molecule has 0 saturated carbocycles. The molecule has 0 unspecified atom stereocenters. The average molecular weight is 499 g/mol. The average Bonchev–Trinajstić information content (AvgIpc) is 2.73. The van der Waals surface area contributed by atoms with Gasteiger partial charge in [-0.1, -0.05) is 12.8 Å². The standard InChI is InChI=1S/C22H50O6SSi2/c1-7-23-30(24-8-2,25-9-3)21-17-13-15-19-29-20-16-14-18-22-31(26-10-4,27-11-5)28-12-6/h7-22H2,1-6H3. The highest BCUT2D eigenvalue weighted by Gasteiger charge is 2.40. The molecule has 0 aliphatic heterocycles. The van der Waals surface area contributed by atoms with Crippen LogP contribution in [0, 0.1) is 0 Å². The highest BCUT2D eigenvalue weighted by Crippen LogP contribution is 2.22. The largest absolute Gasteiger partial charge is 0.500 e. The van der Waals surface area contributed by atoms with E-state index in [4.69, 9.17) is 26.6 Å². The molecule has 0 saturated heterocycles. The van der Waals surface area contributed by atoms with Crippen LogP contribution in [0.3, 0.4) is 0 Å². The van der Waals surface area contributed by atoms with Crippen LogP contribution in [0.1, 0.15) is 80.1 Å². The molecule has 0 radical (unpaired) electrons. The zero-order valence-corrected chi connectivity index (χ0v) is 24.0. The summed E-state index contributed by atoms with van der Waals surface area (Å²) in [5.74, 6) is 2.45. The predicted molar refractivity (Wildman–Crippen MR) is 136 cm³/mol. The summed E-state index contributed by atoms with van der Waals surface area (Å²) in [6, 6.07) is 1.86. The van der Waals surface area contributed by atoms with E-state index >= 15 is 0 Å². The van der Waals surface area contributed by atoms with Crippen molar-refractivity contribution in [2.45, 2.75) is 92.2 Å². The third-order valence-electron chi connectivity index (χ3n) is 4.73. The Labute approximate surface area is 199 Å². The minimum absolute atomic E-state index is 0.658. The van der Waals surface area contributed by atoms with E-state index in [-0.39, 0.29) is 0 Å². The second kappa shape index (κ2) is 21.1. The summed E-state index contributed by atoms with van der Waals surface area (Å²) in [6.45, 7) is 16.1. The van der Waals surface area contributed by atoms with Gasteiger partial charge in [0.05, 0.1) is 0 Å². The number of thioether (sulfide) groups is 1. The molecule has 0 N–H and O–H groups in total. The van der Waals surface area contributed by atoms with Gasteiger partial charge in [0.2, 0.25) is 0 Å². The molecule has 0 aromatic rings. The molecule has 31 heavy (non-hydrogen) atoms. The van der Waals surface area contributed by atoms with Gasteiger partial charge in [-0.15, -0.1) is 0 Å². The van der Waals surface area contributed by atoms with Gasteiger partial charge in [0.25, 0.3) is 0 Å². The van der Waals surface area contributed by atoms with E-state index < -0.39 is 17.6 Å². The Kier molecular flexibility index (Phi) is 21.5. The van der Waals surface area contributed by atoms with Crippen LogP contribution in [0.25, 0.3) is 0 Å². The van der Waals surface area contributed by atoms with Gasteiger partial charge in [0.15, 0.2) is 0 Å². The molecule has 6 nitrogen and oxygen atoms in total. The van der Waals surface area contributed by atoms with Gasteiger partial charge in [0.1, 0.15) is 0 Å². The summed E-state index contributed by atoms with van der Waals surface area (Å²) in [7, 11) is -4.91. The summed E-state index contributed by atoms with van der Waals surface area (Å²) in [5.41, 5.74) is 0. The molecule has 0 atom stereocenters. The van der Waals surface area contributed by atoms with Crippen LogP contribution >= 0.6 is 11.8 Å². The Hall–Kier alpha value is 0.544. The minimum Gasteiger partial charge on any atom is -0.374 e. The molecule has 0 aromatic carbocycles. The van der Waals surface area contributed by atoms with Crippen molar-refractivity contribution in [3.05, 3.63) is 0 Å². The molecule has 0 aromatic heterocycles. The SMILES string of the molecule is CCO[Si](CCCCCSCCCCC[Si](OCC)(OCC)OCC)(OCC)OCC. The van der Waals surface area contributed by atoms with E-state index in [0.717, 1.165) is 24.9 Å². The van der Waals surface area contributed by atoms with Crippen molar-refractivity contribution in [2.75, 3.05) is 51.1 Å². The number of rotatable bonds is 24. The van der Waals surface area contributed by atoms with E-state index in [2.05, 4.69) is 11.8 Å². The molecule has 188 valence electrons. The Balaban J connectivity index is 3.91. The quantitative estimate of drug-likeness (QED) is 0.117. The first-order chi connectivity index (χ1) is 15.1. The smallest absolute Gasteiger partial charge is 0.374 e. The first-order valence-corrected chi connectivity index (χ1v) is 17.5. The Bertz CT molecular complexity index is 325. The molecule has 0 aliphatic rings. The molecule has 0 bridgehead atoms. The van der Waals surface area contributed by atoms with Gasteiger partial charge >= 0.3 is 17.6 Å². The van der Waals surface area contributed by atoms with Crippen molar-refractivity contribution in [2.24, 2.45) is 0 Å². The second-order valence-corrected chi connectivity index (χ2v) is 13.9. The minimum atomic E-state index is -2.45. The first kappa shape index (κ1) is 31.5. The maximum atomic E-state index is 5.93. The van der Waals surface area contributed by atoms with E-state index in [1.165, 1.54) is 37.2 Å². The van der Waals surface area contributed by atoms with Crippen molar-refractivity contribution in [1.29, 1.82) is 0 Å². The number of unbranched alkanes of at least 4 members (excludes halogenated alkanes) is 4. The first-order valence-electron chi connectivity index (χ1n) is 12.5. The van der Waals surface area contributed by atoms with E-state index in [0.29, 0.717) is 39.6 Å². The zero-order valence-electron chi connectivity index (χ0n) is 21.2. The lowest BCUT2D eigenvalue weighted by atomic mass is 10.3. The normalized spacial score (nSPS) is 12.6. The van der Waals surface area contributed by atoms with Crippen molar-refractivity contribution in [3.8, 4) is 0 Å². The van der Waals surface area contributed by atoms with Gasteiger partial charge in [-0.3, -0.25) is 0 Å². The molecular weight excluding hydrogens is 448 g/mol. The molecule has 0 spiro atoms. The van der Waals surface area contributed by atoms with Crippen LogP contribution in [0.15, 0.2) is 0 Å². The topological polar surface area (TPSA) is 55.4 Å². The lowest BCUT2D eigenvalue weighted by molar-refractivity contribution is 0.0699. The fourth-order valence-electron chi connectivity index (χ4n) is 3.55. The van der Waals surface area contributed by atoms with Crippen LogP contribution in [-0.4, -0.2) is 68.8 Å². The van der Waals surface area contributed by atoms with Crippen molar-refractivity contribution in [1.82, 2.24) is 0 Å². The maximum absolute atomic E-state index is 5.93. The van der Waals surface area contributed by atoms with Crippen LogP contribution in [0.4, 0.5) is 0 Å². The van der Waals surface area contributed by atoms with Crippen molar-refractivity contribution in [3.63, 3.8) is 0 Å². The second-order valence-electron chi connectivity index (χ2n) is 7.20. The van der Waals surface area contributed by atoms with Crippen molar-refractivity contribution < 1.29 is 26.6 Å². The molecule has 0 rings (SSSR count). The summed E-state index contributed by atoms with van der Waals surface area (Å²) in [6.07, 6.45) is 7.14. The van der Waals surface area contributed by atoms with Gasteiger partial charge in [-0.05, 0) is 78.7 Å². The van der Waals surface area contributed by atoms with Gasteiger partial charge in [-0.25, -0.2) is 0 Å². The lowest BCUT2D eigenvalue weighted by Crippen LogP contribution is -2.45. The van der Waals surface area contributed by atoms with Crippen LogP contribution in [0.2, 0.25) is 12.1 Å². The van der Waals surface area contributed by atoms with Gasteiger partial charge in [-0.2, -0.15) is 11.8 Å². The number of hydrogen-bond donors (Lipinski definition) is 0. The highest BCUT2D eigenvalue weighted by molar-refractivity contribution is 7.99. The molecule has 0 fully saturated rings. The maximum Gasteiger partial charge on any atom is 0.500 e. The predicted octanol–water partition coefficient (Wildman–Crippen LogP) is 6.16. The van der Waals surface area contributed by atoms with E-state index in [9.17, 15) is 0 Å². The monoisotopic (exact) mass is 498 g/mol. The van der Waals surface area contributed by atoms with Gasteiger partial charge < -0.3 is 26.6 Å². The van der Waals surface area contributed by atoms with E-state index in [1.807, 2.05) is 41.5 Å². The highest BCUT2D eigenvalue weighted by atomic mass is 32.2. The third-order valence-corrected chi connectivity index (χ3v) is 12.2. The summed E-state index contributed by atoms with van der Waals surface area (Å²) in [4.78, 5) is 0. The van der Waals surface area contributed by atoms with E-state index in [1.54, 1.807) is 0 Å². The molecule has 0 heterocycles. The van der Waals surface area contributed by atoms with Crippen LogP contribution < -0.4 is 0 Å². The Morgan fingerprint density at radius 2 is 0.710 bits per heavy atom. The lowest BCUT2D eigenvalue weighted by Gasteiger charge is -2.28. The summed E-state index contributed by atoms with van der Waals surface area (Å²) >= 11 is 2.07. The third kappa shape index (κ3) is 15.1. The van der Waals surface area contributed by atoms with Gasteiger partial charge in [0, 0.05) is 51.7 Å². The van der Waals surface area contributed by atoms with Crippen LogP contribution in [0.5, 0.6) is 0 Å². The van der Waals surface area contributed by atoms with Crippen LogP contribution in [-0.2, 0) is 26.6 Å².